The lowest BCUT2D eigenvalue weighted by molar-refractivity contribution is -0.131. The number of esters is 1. The maximum Gasteiger partial charge on any atom is 0.308 e. The van der Waals surface area contributed by atoms with Gasteiger partial charge in [-0.2, -0.15) is 0 Å². The molecule has 1 aromatic carbocycles. The van der Waals surface area contributed by atoms with E-state index in [1.54, 1.807) is 5.57 Å². The van der Waals surface area contributed by atoms with E-state index in [0.29, 0.717) is 23.0 Å². The SMILES string of the molecule is CC(=O)Oc1ccc2c(c1)CC[C@H]1C3=CC=C[C@@]3(C)CC[C@H]21. The van der Waals surface area contributed by atoms with Crippen molar-refractivity contribution in [3.05, 3.63) is 53.1 Å². The number of aryl methyl sites for hydroxylation is 1. The number of carbonyl (C=O) groups excluding carboxylic acids is 1. The molecule has 1 saturated carbocycles. The molecule has 2 heteroatoms. The molecule has 2 nitrogen and oxygen atoms in total. The lowest BCUT2D eigenvalue weighted by atomic mass is 9.59. The van der Waals surface area contributed by atoms with Gasteiger partial charge < -0.3 is 4.74 Å². The van der Waals surface area contributed by atoms with E-state index in [-0.39, 0.29) is 5.97 Å². The molecule has 22 heavy (non-hydrogen) atoms. The van der Waals surface area contributed by atoms with E-state index >= 15 is 0 Å². The Balaban J connectivity index is 1.67. The normalized spacial score (nSPS) is 31.8. The quantitative estimate of drug-likeness (QED) is 0.561. The van der Waals surface area contributed by atoms with Crippen LogP contribution in [-0.4, -0.2) is 5.97 Å². The van der Waals surface area contributed by atoms with Crippen molar-refractivity contribution in [3.63, 3.8) is 0 Å². The number of rotatable bonds is 1. The van der Waals surface area contributed by atoms with Gasteiger partial charge in [-0.15, -0.1) is 0 Å². The maximum atomic E-state index is 11.1. The first-order valence-electron chi connectivity index (χ1n) is 8.28. The molecule has 0 saturated heterocycles. The molecule has 0 heterocycles. The Kier molecular flexibility index (Phi) is 3.04. The molecule has 0 spiro atoms. The molecule has 114 valence electrons. The highest BCUT2D eigenvalue weighted by Gasteiger charge is 2.44. The Bertz CT molecular complexity index is 698. The van der Waals surface area contributed by atoms with Crippen molar-refractivity contribution in [2.24, 2.45) is 11.3 Å². The standard InChI is InChI=1S/C20H22O2/c1-13(21)22-15-6-8-16-14(12-15)5-7-18-17(16)9-11-20(2)10-3-4-19(18)20/h3-4,6,8,10,12,17-18H,5,7,9,11H2,1-2H3/t17-,18-,20+/m1/s1. The smallest absolute Gasteiger partial charge is 0.308 e. The van der Waals surface area contributed by atoms with Gasteiger partial charge in [0, 0.05) is 12.3 Å². The summed E-state index contributed by atoms with van der Waals surface area (Å²) in [6.07, 6.45) is 11.8. The van der Waals surface area contributed by atoms with Crippen LogP contribution in [-0.2, 0) is 11.2 Å². The van der Waals surface area contributed by atoms with E-state index in [2.05, 4.69) is 37.3 Å². The van der Waals surface area contributed by atoms with Crippen molar-refractivity contribution in [1.82, 2.24) is 0 Å². The largest absolute Gasteiger partial charge is 0.427 e. The van der Waals surface area contributed by atoms with Crippen LogP contribution in [0.4, 0.5) is 0 Å². The van der Waals surface area contributed by atoms with E-state index < -0.39 is 0 Å². The molecular weight excluding hydrogens is 272 g/mol. The van der Waals surface area contributed by atoms with Gasteiger partial charge in [-0.05, 0) is 60.8 Å². The van der Waals surface area contributed by atoms with Crippen LogP contribution in [0.2, 0.25) is 0 Å². The zero-order chi connectivity index (χ0) is 15.3. The maximum absolute atomic E-state index is 11.1. The minimum atomic E-state index is -0.246. The van der Waals surface area contributed by atoms with Gasteiger partial charge in [0.05, 0.1) is 0 Å². The molecular formula is C20H22O2. The molecule has 4 rings (SSSR count). The number of benzene rings is 1. The molecule has 0 radical (unpaired) electrons. The number of carbonyl (C=O) groups is 1. The third-order valence-corrected chi connectivity index (χ3v) is 5.76. The Morgan fingerprint density at radius 1 is 1.27 bits per heavy atom. The Labute approximate surface area is 131 Å². The summed E-state index contributed by atoms with van der Waals surface area (Å²) < 4.78 is 5.24. The minimum Gasteiger partial charge on any atom is -0.427 e. The fraction of sp³-hybridized carbons (Fsp3) is 0.450. The predicted octanol–water partition coefficient (Wildman–Crippen LogP) is 4.55. The first-order valence-corrected chi connectivity index (χ1v) is 8.28. The monoisotopic (exact) mass is 294 g/mol. The predicted molar refractivity (Wildman–Crippen MR) is 86.9 cm³/mol. The summed E-state index contributed by atoms with van der Waals surface area (Å²) in [7, 11) is 0. The van der Waals surface area contributed by atoms with Crippen LogP contribution in [0.3, 0.4) is 0 Å². The summed E-state index contributed by atoms with van der Waals surface area (Å²) in [5, 5.41) is 0. The third-order valence-electron chi connectivity index (χ3n) is 5.76. The van der Waals surface area contributed by atoms with Crippen molar-refractivity contribution in [1.29, 1.82) is 0 Å². The van der Waals surface area contributed by atoms with Crippen LogP contribution < -0.4 is 4.74 Å². The van der Waals surface area contributed by atoms with Crippen molar-refractivity contribution in [2.45, 2.75) is 45.4 Å². The lowest BCUT2D eigenvalue weighted by Crippen LogP contribution is -2.34. The van der Waals surface area contributed by atoms with E-state index in [9.17, 15) is 4.79 Å². The average molecular weight is 294 g/mol. The summed E-state index contributed by atoms with van der Waals surface area (Å²) in [6.45, 7) is 3.84. The van der Waals surface area contributed by atoms with Crippen molar-refractivity contribution < 1.29 is 9.53 Å². The zero-order valence-electron chi connectivity index (χ0n) is 13.3. The highest BCUT2D eigenvalue weighted by molar-refractivity contribution is 5.69. The fourth-order valence-corrected chi connectivity index (χ4v) is 4.73. The average Bonchev–Trinajstić information content (AvgIpc) is 2.88. The number of hydrogen-bond acceptors (Lipinski definition) is 2. The molecule has 3 aliphatic carbocycles. The molecule has 0 bridgehead atoms. The number of allylic oxidation sites excluding steroid dienone is 4. The molecule has 0 unspecified atom stereocenters. The van der Waals surface area contributed by atoms with Crippen LogP contribution in [0.25, 0.3) is 0 Å². The summed E-state index contributed by atoms with van der Waals surface area (Å²) in [5.74, 6) is 1.76. The first kappa shape index (κ1) is 13.8. The van der Waals surface area contributed by atoms with Crippen LogP contribution in [0.5, 0.6) is 5.75 Å². The van der Waals surface area contributed by atoms with Gasteiger partial charge in [-0.3, -0.25) is 4.79 Å². The molecule has 0 N–H and O–H groups in total. The van der Waals surface area contributed by atoms with Gasteiger partial charge in [-0.1, -0.05) is 36.8 Å². The third kappa shape index (κ3) is 2.05. The number of ether oxygens (including phenoxy) is 1. The van der Waals surface area contributed by atoms with Crippen molar-refractivity contribution in [3.8, 4) is 5.75 Å². The zero-order valence-corrected chi connectivity index (χ0v) is 13.3. The summed E-state index contributed by atoms with van der Waals surface area (Å²) >= 11 is 0. The minimum absolute atomic E-state index is 0.246. The Morgan fingerprint density at radius 3 is 2.95 bits per heavy atom. The molecule has 3 aliphatic rings. The van der Waals surface area contributed by atoms with Crippen molar-refractivity contribution >= 4 is 5.97 Å². The van der Waals surface area contributed by atoms with E-state index in [4.69, 9.17) is 4.74 Å². The van der Waals surface area contributed by atoms with Gasteiger partial charge >= 0.3 is 5.97 Å². The lowest BCUT2D eigenvalue weighted by Gasteiger charge is -2.45. The number of fused-ring (bicyclic) bond motifs is 5. The topological polar surface area (TPSA) is 26.3 Å². The Morgan fingerprint density at radius 2 is 2.14 bits per heavy atom. The fourth-order valence-electron chi connectivity index (χ4n) is 4.73. The summed E-state index contributed by atoms with van der Waals surface area (Å²) in [5.41, 5.74) is 4.78. The van der Waals surface area contributed by atoms with Crippen LogP contribution in [0.15, 0.2) is 42.0 Å². The van der Waals surface area contributed by atoms with E-state index in [0.717, 1.165) is 6.42 Å². The first-order chi connectivity index (χ1) is 10.6. The van der Waals surface area contributed by atoms with Crippen LogP contribution in [0.1, 0.15) is 50.2 Å². The van der Waals surface area contributed by atoms with Gasteiger partial charge in [0.25, 0.3) is 0 Å². The number of hydrogen-bond donors (Lipinski definition) is 0. The summed E-state index contributed by atoms with van der Waals surface area (Å²) in [6, 6.07) is 6.22. The van der Waals surface area contributed by atoms with Crippen molar-refractivity contribution in [2.75, 3.05) is 0 Å². The highest BCUT2D eigenvalue weighted by Crippen LogP contribution is 2.56. The van der Waals surface area contributed by atoms with E-state index in [1.807, 2.05) is 6.07 Å². The van der Waals surface area contributed by atoms with Gasteiger partial charge in [-0.25, -0.2) is 0 Å². The van der Waals surface area contributed by atoms with Gasteiger partial charge in [0.2, 0.25) is 0 Å². The second kappa shape index (κ2) is 4.84. The second-order valence-corrected chi connectivity index (χ2v) is 7.14. The van der Waals surface area contributed by atoms with Gasteiger partial charge in [0.15, 0.2) is 0 Å². The van der Waals surface area contributed by atoms with Gasteiger partial charge in [0.1, 0.15) is 5.75 Å². The van der Waals surface area contributed by atoms with Crippen LogP contribution in [0, 0.1) is 11.3 Å². The molecule has 1 aromatic rings. The molecule has 0 amide bonds. The highest BCUT2D eigenvalue weighted by atomic mass is 16.5. The van der Waals surface area contributed by atoms with Crippen LogP contribution >= 0.6 is 0 Å². The Hall–Kier alpha value is -1.83. The molecule has 3 atom stereocenters. The summed E-state index contributed by atoms with van der Waals surface area (Å²) in [4.78, 5) is 11.1. The molecule has 0 aromatic heterocycles. The molecule has 1 fully saturated rings. The van der Waals surface area contributed by atoms with E-state index in [1.165, 1.54) is 37.3 Å². The molecule has 0 aliphatic heterocycles. The second-order valence-electron chi connectivity index (χ2n) is 7.14.